The highest BCUT2D eigenvalue weighted by molar-refractivity contribution is 7.80. The number of nitrogens with two attached hydrogens (primary N) is 1. The number of rotatable bonds is 4. The molecule has 1 amide bonds. The molecule has 13 heavy (non-hydrogen) atoms. The molecular weight excluding hydrogens is 186 g/mol. The molecule has 1 unspecified atom stereocenters. The number of primary amides is 1. The van der Waals surface area contributed by atoms with Gasteiger partial charge in [-0.1, -0.05) is 0 Å². The average Bonchev–Trinajstić information content (AvgIpc) is 2.67. The molecule has 0 bridgehead atoms. The summed E-state index contributed by atoms with van der Waals surface area (Å²) in [7, 11) is 0. The van der Waals surface area contributed by atoms with Crippen LogP contribution in [-0.4, -0.2) is 23.1 Å². The number of carbonyl (C=O) groups is 1. The number of hydrogen-bond acceptors (Lipinski definition) is 2. The number of nitrogens with one attached hydrogen (secondary N) is 2. The molecule has 0 aromatic carbocycles. The van der Waals surface area contributed by atoms with Crippen molar-refractivity contribution in [2.24, 2.45) is 5.73 Å². The van der Waals surface area contributed by atoms with E-state index in [1.54, 1.807) is 0 Å². The highest BCUT2D eigenvalue weighted by Crippen LogP contribution is 2.18. The lowest BCUT2D eigenvalue weighted by Gasteiger charge is -2.14. The second-order valence-electron chi connectivity index (χ2n) is 3.46. The lowest BCUT2D eigenvalue weighted by atomic mass is 10.2. The third kappa shape index (κ3) is 4.67. The van der Waals surface area contributed by atoms with Gasteiger partial charge in [0, 0.05) is 18.5 Å². The van der Waals surface area contributed by atoms with Gasteiger partial charge in [0.1, 0.15) is 0 Å². The van der Waals surface area contributed by atoms with Gasteiger partial charge in [0.25, 0.3) is 0 Å². The van der Waals surface area contributed by atoms with E-state index in [4.69, 9.17) is 18.0 Å². The maximum absolute atomic E-state index is 10.5. The molecule has 1 rings (SSSR count). The Hall–Kier alpha value is -0.840. The van der Waals surface area contributed by atoms with Crippen LogP contribution in [0.15, 0.2) is 0 Å². The first-order chi connectivity index (χ1) is 6.08. The largest absolute Gasteiger partial charge is 0.370 e. The minimum atomic E-state index is -0.311. The minimum Gasteiger partial charge on any atom is -0.370 e. The van der Waals surface area contributed by atoms with Gasteiger partial charge in [-0.3, -0.25) is 4.79 Å². The monoisotopic (exact) mass is 201 g/mol. The number of hydrogen-bond donors (Lipinski definition) is 3. The lowest BCUT2D eigenvalue weighted by Crippen LogP contribution is -2.42. The molecule has 0 aromatic heterocycles. The summed E-state index contributed by atoms with van der Waals surface area (Å²) in [6, 6.07) is 0.553. The van der Waals surface area contributed by atoms with Crippen LogP contribution < -0.4 is 16.4 Å². The van der Waals surface area contributed by atoms with Crippen LogP contribution >= 0.6 is 12.2 Å². The maximum atomic E-state index is 10.5. The van der Waals surface area contributed by atoms with E-state index >= 15 is 0 Å². The Bertz CT molecular complexity index is 215. The van der Waals surface area contributed by atoms with Gasteiger partial charge in [0.2, 0.25) is 5.91 Å². The van der Waals surface area contributed by atoms with Crippen molar-refractivity contribution in [1.82, 2.24) is 10.6 Å². The van der Waals surface area contributed by atoms with E-state index in [9.17, 15) is 4.79 Å². The zero-order chi connectivity index (χ0) is 9.84. The molecule has 1 aliphatic carbocycles. The smallest absolute Gasteiger partial charge is 0.219 e. The van der Waals surface area contributed by atoms with Crippen LogP contribution in [-0.2, 0) is 4.79 Å². The summed E-state index contributed by atoms with van der Waals surface area (Å²) in [6.45, 7) is 1.88. The van der Waals surface area contributed by atoms with E-state index < -0.39 is 0 Å². The van der Waals surface area contributed by atoms with Gasteiger partial charge in [-0.25, -0.2) is 0 Å². The predicted molar refractivity (Wildman–Crippen MR) is 55.2 cm³/mol. The molecule has 0 saturated heterocycles. The van der Waals surface area contributed by atoms with Crippen molar-refractivity contribution < 1.29 is 4.79 Å². The standard InChI is InChI=1S/C8H15N3OS/c1-5(4-7(9)12)10-8(13)11-6-2-3-6/h5-6H,2-4H2,1H3,(H2,9,12)(H2,10,11,13). The Balaban J connectivity index is 2.13. The van der Waals surface area contributed by atoms with E-state index in [0.717, 1.165) is 0 Å². The summed E-state index contributed by atoms with van der Waals surface area (Å²) in [5.74, 6) is -0.311. The Kier molecular flexibility index (Phi) is 3.48. The Morgan fingerprint density at radius 3 is 2.77 bits per heavy atom. The third-order valence-electron chi connectivity index (χ3n) is 1.80. The number of thiocarbonyl (C=S) groups is 1. The number of carbonyl (C=O) groups excluding carboxylic acids is 1. The van der Waals surface area contributed by atoms with Crippen molar-refractivity contribution in [3.05, 3.63) is 0 Å². The molecule has 0 aliphatic heterocycles. The molecule has 0 aromatic rings. The van der Waals surface area contributed by atoms with E-state index in [1.165, 1.54) is 12.8 Å². The summed E-state index contributed by atoms with van der Waals surface area (Å²) < 4.78 is 0. The third-order valence-corrected chi connectivity index (χ3v) is 2.03. The van der Waals surface area contributed by atoms with Crippen molar-refractivity contribution in [3.63, 3.8) is 0 Å². The Morgan fingerprint density at radius 2 is 2.31 bits per heavy atom. The fourth-order valence-corrected chi connectivity index (χ4v) is 1.40. The molecule has 0 spiro atoms. The molecule has 4 N–H and O–H groups in total. The van der Waals surface area contributed by atoms with Gasteiger partial charge in [-0.15, -0.1) is 0 Å². The van der Waals surface area contributed by atoms with E-state index in [0.29, 0.717) is 17.6 Å². The van der Waals surface area contributed by atoms with E-state index in [1.807, 2.05) is 6.92 Å². The second-order valence-corrected chi connectivity index (χ2v) is 3.87. The van der Waals surface area contributed by atoms with Crippen LogP contribution in [0.5, 0.6) is 0 Å². The molecule has 74 valence electrons. The molecule has 0 radical (unpaired) electrons. The maximum Gasteiger partial charge on any atom is 0.219 e. The first kappa shape index (κ1) is 10.2. The van der Waals surface area contributed by atoms with Crippen molar-refractivity contribution in [2.45, 2.75) is 38.3 Å². The van der Waals surface area contributed by atoms with Gasteiger partial charge in [-0.05, 0) is 32.0 Å². The van der Waals surface area contributed by atoms with Crippen LogP contribution in [0.3, 0.4) is 0 Å². The normalized spacial score (nSPS) is 17.6. The molecule has 1 aliphatic rings. The van der Waals surface area contributed by atoms with Crippen LogP contribution in [0.1, 0.15) is 26.2 Å². The van der Waals surface area contributed by atoms with Crippen LogP contribution in [0, 0.1) is 0 Å². The average molecular weight is 201 g/mol. The molecular formula is C8H15N3OS. The minimum absolute atomic E-state index is 0.0104. The Labute approximate surface area is 83.2 Å². The van der Waals surface area contributed by atoms with Gasteiger partial charge >= 0.3 is 0 Å². The summed E-state index contributed by atoms with van der Waals surface area (Å²) in [6.07, 6.45) is 2.69. The first-order valence-electron chi connectivity index (χ1n) is 4.43. The van der Waals surface area contributed by atoms with E-state index in [-0.39, 0.29) is 11.9 Å². The van der Waals surface area contributed by atoms with Crippen molar-refractivity contribution in [2.75, 3.05) is 0 Å². The Morgan fingerprint density at radius 1 is 1.69 bits per heavy atom. The van der Waals surface area contributed by atoms with Gasteiger partial charge in [0.05, 0.1) is 0 Å². The topological polar surface area (TPSA) is 67.2 Å². The van der Waals surface area contributed by atoms with Crippen LogP contribution in [0.4, 0.5) is 0 Å². The molecule has 1 saturated carbocycles. The molecule has 1 atom stereocenters. The van der Waals surface area contributed by atoms with Gasteiger partial charge < -0.3 is 16.4 Å². The van der Waals surface area contributed by atoms with Gasteiger partial charge in [-0.2, -0.15) is 0 Å². The fourth-order valence-electron chi connectivity index (χ4n) is 1.03. The number of amides is 1. The molecule has 5 heteroatoms. The lowest BCUT2D eigenvalue weighted by molar-refractivity contribution is -0.118. The van der Waals surface area contributed by atoms with Crippen LogP contribution in [0.2, 0.25) is 0 Å². The molecule has 4 nitrogen and oxygen atoms in total. The van der Waals surface area contributed by atoms with Crippen molar-refractivity contribution >= 4 is 23.2 Å². The molecule has 1 fully saturated rings. The summed E-state index contributed by atoms with van der Waals surface area (Å²) in [4.78, 5) is 10.5. The quantitative estimate of drug-likeness (QED) is 0.555. The zero-order valence-electron chi connectivity index (χ0n) is 7.67. The summed E-state index contributed by atoms with van der Waals surface area (Å²) in [5, 5.41) is 6.75. The first-order valence-corrected chi connectivity index (χ1v) is 4.84. The molecule has 0 heterocycles. The predicted octanol–water partition coefficient (Wildman–Crippen LogP) is -0.123. The van der Waals surface area contributed by atoms with Crippen molar-refractivity contribution in [3.8, 4) is 0 Å². The zero-order valence-corrected chi connectivity index (χ0v) is 8.49. The highest BCUT2D eigenvalue weighted by atomic mass is 32.1. The SMILES string of the molecule is CC(CC(N)=O)NC(=S)NC1CC1. The summed E-state index contributed by atoms with van der Waals surface area (Å²) >= 11 is 5.02. The second kappa shape index (κ2) is 4.41. The van der Waals surface area contributed by atoms with Crippen molar-refractivity contribution in [1.29, 1.82) is 0 Å². The fraction of sp³-hybridized carbons (Fsp3) is 0.750. The van der Waals surface area contributed by atoms with E-state index in [2.05, 4.69) is 10.6 Å². The van der Waals surface area contributed by atoms with Gasteiger partial charge in [0.15, 0.2) is 5.11 Å². The highest BCUT2D eigenvalue weighted by Gasteiger charge is 2.22. The van der Waals surface area contributed by atoms with Crippen LogP contribution in [0.25, 0.3) is 0 Å². The summed E-state index contributed by atoms with van der Waals surface area (Å²) in [5.41, 5.74) is 5.04.